The first-order valence-corrected chi connectivity index (χ1v) is 6.29. The van der Waals surface area contributed by atoms with Gasteiger partial charge >= 0.3 is 0 Å². The van der Waals surface area contributed by atoms with E-state index < -0.39 is 0 Å². The summed E-state index contributed by atoms with van der Waals surface area (Å²) in [6.07, 6.45) is 7.26. The van der Waals surface area contributed by atoms with Gasteiger partial charge in [-0.2, -0.15) is 0 Å². The Labute approximate surface area is 101 Å². The first-order valence-electron chi connectivity index (χ1n) is 6.29. The molecule has 0 spiro atoms. The summed E-state index contributed by atoms with van der Waals surface area (Å²) < 4.78 is 0. The molecule has 1 unspecified atom stereocenters. The summed E-state index contributed by atoms with van der Waals surface area (Å²) in [7, 11) is 0. The Morgan fingerprint density at radius 3 is 3.24 bits per heavy atom. The van der Waals surface area contributed by atoms with Crippen LogP contribution in [0.5, 0.6) is 0 Å². The summed E-state index contributed by atoms with van der Waals surface area (Å²) in [5, 5.41) is 6.28. The van der Waals surface area contributed by atoms with Crippen molar-refractivity contribution in [2.45, 2.75) is 25.7 Å². The Balaban J connectivity index is 1.60. The lowest BCUT2D eigenvalue weighted by molar-refractivity contribution is -0.122. The number of rotatable bonds is 5. The van der Waals surface area contributed by atoms with E-state index in [0.717, 1.165) is 25.2 Å². The van der Waals surface area contributed by atoms with Crippen LogP contribution in [0.4, 0.5) is 0 Å². The summed E-state index contributed by atoms with van der Waals surface area (Å²) in [6, 6.07) is 0. The van der Waals surface area contributed by atoms with Crippen LogP contribution in [0.15, 0.2) is 12.5 Å². The lowest BCUT2D eigenvalue weighted by Gasteiger charge is -2.22. The third-order valence-corrected chi connectivity index (χ3v) is 3.14. The molecule has 94 valence electrons. The molecule has 0 saturated carbocycles. The van der Waals surface area contributed by atoms with Crippen molar-refractivity contribution >= 4 is 5.91 Å². The number of amides is 1. The van der Waals surface area contributed by atoms with Crippen LogP contribution in [0.25, 0.3) is 0 Å². The normalized spacial score (nSPS) is 20.1. The number of nitrogens with one attached hydrogen (secondary N) is 3. The van der Waals surface area contributed by atoms with Gasteiger partial charge in [0.15, 0.2) is 0 Å². The van der Waals surface area contributed by atoms with Crippen LogP contribution in [0.2, 0.25) is 0 Å². The van der Waals surface area contributed by atoms with Gasteiger partial charge in [0.05, 0.1) is 6.33 Å². The Morgan fingerprint density at radius 1 is 1.59 bits per heavy atom. The Morgan fingerprint density at radius 2 is 2.53 bits per heavy atom. The third-order valence-electron chi connectivity index (χ3n) is 3.14. The molecule has 1 amide bonds. The maximum Gasteiger partial charge on any atom is 0.220 e. The van der Waals surface area contributed by atoms with E-state index >= 15 is 0 Å². The SMILES string of the molecule is O=C(CC1CCCNC1)NCCc1cnc[nH]1. The van der Waals surface area contributed by atoms with Crippen molar-refractivity contribution in [3.05, 3.63) is 18.2 Å². The molecule has 5 heteroatoms. The molecular formula is C12H20N4O. The highest BCUT2D eigenvalue weighted by atomic mass is 16.1. The monoisotopic (exact) mass is 236 g/mol. The molecule has 1 aromatic rings. The zero-order valence-corrected chi connectivity index (χ0v) is 10.0. The lowest BCUT2D eigenvalue weighted by Crippen LogP contribution is -2.34. The predicted octanol–water partition coefficient (Wildman–Crippen LogP) is 0.458. The van der Waals surface area contributed by atoms with Crippen LogP contribution < -0.4 is 10.6 Å². The first-order chi connectivity index (χ1) is 8.34. The second kappa shape index (κ2) is 6.39. The van der Waals surface area contributed by atoms with Gasteiger partial charge in [-0.25, -0.2) is 4.98 Å². The molecule has 1 fully saturated rings. The number of hydrogen-bond donors (Lipinski definition) is 3. The zero-order valence-electron chi connectivity index (χ0n) is 10.0. The Kier molecular flexibility index (Phi) is 4.55. The van der Waals surface area contributed by atoms with E-state index in [2.05, 4.69) is 20.6 Å². The number of aromatic amines is 1. The molecule has 0 bridgehead atoms. The standard InChI is InChI=1S/C12H20N4O/c17-12(6-10-2-1-4-13-7-10)15-5-3-11-8-14-9-16-11/h8-10,13H,1-7H2,(H,14,16)(H,15,17). The molecule has 0 aromatic carbocycles. The number of nitrogens with zero attached hydrogens (tertiary/aromatic N) is 1. The van der Waals surface area contributed by atoms with Crippen LogP contribution in [0, 0.1) is 5.92 Å². The van der Waals surface area contributed by atoms with E-state index in [1.807, 2.05) is 0 Å². The van der Waals surface area contributed by atoms with E-state index in [1.165, 1.54) is 12.8 Å². The molecule has 2 rings (SSSR count). The predicted molar refractivity (Wildman–Crippen MR) is 65.5 cm³/mol. The van der Waals surface area contributed by atoms with Crippen molar-refractivity contribution in [1.82, 2.24) is 20.6 Å². The Hall–Kier alpha value is -1.36. The number of aromatic nitrogens is 2. The highest BCUT2D eigenvalue weighted by Crippen LogP contribution is 2.13. The fraction of sp³-hybridized carbons (Fsp3) is 0.667. The highest BCUT2D eigenvalue weighted by Gasteiger charge is 2.16. The minimum atomic E-state index is 0.165. The molecule has 1 aliphatic heterocycles. The number of imidazole rings is 1. The number of piperidine rings is 1. The van der Waals surface area contributed by atoms with Gasteiger partial charge in [0.2, 0.25) is 5.91 Å². The summed E-state index contributed by atoms with van der Waals surface area (Å²) in [6.45, 7) is 2.76. The van der Waals surface area contributed by atoms with Gasteiger partial charge in [0, 0.05) is 31.3 Å². The van der Waals surface area contributed by atoms with Crippen LogP contribution in [-0.4, -0.2) is 35.5 Å². The molecule has 0 aliphatic carbocycles. The topological polar surface area (TPSA) is 69.8 Å². The fourth-order valence-corrected chi connectivity index (χ4v) is 2.19. The summed E-state index contributed by atoms with van der Waals surface area (Å²) >= 11 is 0. The van der Waals surface area contributed by atoms with Crippen LogP contribution >= 0.6 is 0 Å². The molecule has 1 saturated heterocycles. The molecule has 17 heavy (non-hydrogen) atoms. The van der Waals surface area contributed by atoms with Crippen molar-refractivity contribution in [3.63, 3.8) is 0 Å². The molecule has 1 atom stereocenters. The average Bonchev–Trinajstić information content (AvgIpc) is 2.83. The van der Waals surface area contributed by atoms with E-state index in [9.17, 15) is 4.79 Å². The van der Waals surface area contributed by atoms with Crippen molar-refractivity contribution in [1.29, 1.82) is 0 Å². The van der Waals surface area contributed by atoms with Gasteiger partial charge in [-0.1, -0.05) is 0 Å². The van der Waals surface area contributed by atoms with Gasteiger partial charge in [0.1, 0.15) is 0 Å². The average molecular weight is 236 g/mol. The number of hydrogen-bond acceptors (Lipinski definition) is 3. The minimum Gasteiger partial charge on any atom is -0.356 e. The van der Waals surface area contributed by atoms with Gasteiger partial charge in [-0.15, -0.1) is 0 Å². The maximum absolute atomic E-state index is 11.7. The number of H-pyrrole nitrogens is 1. The smallest absolute Gasteiger partial charge is 0.220 e. The highest BCUT2D eigenvalue weighted by molar-refractivity contribution is 5.76. The van der Waals surface area contributed by atoms with Crippen molar-refractivity contribution in [3.8, 4) is 0 Å². The quantitative estimate of drug-likeness (QED) is 0.695. The molecule has 0 radical (unpaired) electrons. The second-order valence-electron chi connectivity index (χ2n) is 4.59. The largest absolute Gasteiger partial charge is 0.356 e. The Bertz CT molecular complexity index is 330. The molecule has 5 nitrogen and oxygen atoms in total. The van der Waals surface area contributed by atoms with Crippen LogP contribution in [0.3, 0.4) is 0 Å². The van der Waals surface area contributed by atoms with E-state index in [1.54, 1.807) is 12.5 Å². The molecule has 3 N–H and O–H groups in total. The van der Waals surface area contributed by atoms with Gasteiger partial charge < -0.3 is 15.6 Å². The first kappa shape index (κ1) is 12.1. The molecule has 1 aliphatic rings. The van der Waals surface area contributed by atoms with Crippen LogP contribution in [-0.2, 0) is 11.2 Å². The third kappa shape index (κ3) is 4.19. The van der Waals surface area contributed by atoms with E-state index in [0.29, 0.717) is 18.9 Å². The maximum atomic E-state index is 11.7. The fourth-order valence-electron chi connectivity index (χ4n) is 2.19. The summed E-state index contributed by atoms with van der Waals surface area (Å²) in [4.78, 5) is 18.6. The van der Waals surface area contributed by atoms with Crippen molar-refractivity contribution in [2.75, 3.05) is 19.6 Å². The lowest BCUT2D eigenvalue weighted by atomic mass is 9.96. The van der Waals surface area contributed by atoms with E-state index in [-0.39, 0.29) is 5.91 Å². The molecule has 2 heterocycles. The van der Waals surface area contributed by atoms with Crippen molar-refractivity contribution < 1.29 is 4.79 Å². The van der Waals surface area contributed by atoms with Crippen molar-refractivity contribution in [2.24, 2.45) is 5.92 Å². The minimum absolute atomic E-state index is 0.165. The van der Waals surface area contributed by atoms with Gasteiger partial charge in [-0.05, 0) is 31.8 Å². The number of carbonyl (C=O) groups is 1. The number of carbonyl (C=O) groups excluding carboxylic acids is 1. The summed E-state index contributed by atoms with van der Waals surface area (Å²) in [5.74, 6) is 0.675. The molecular weight excluding hydrogens is 216 g/mol. The van der Waals surface area contributed by atoms with Gasteiger partial charge in [-0.3, -0.25) is 4.79 Å². The molecule has 1 aromatic heterocycles. The summed E-state index contributed by atoms with van der Waals surface area (Å²) in [5.41, 5.74) is 1.06. The zero-order chi connectivity index (χ0) is 11.9. The van der Waals surface area contributed by atoms with Gasteiger partial charge in [0.25, 0.3) is 0 Å². The van der Waals surface area contributed by atoms with E-state index in [4.69, 9.17) is 0 Å². The van der Waals surface area contributed by atoms with Crippen LogP contribution in [0.1, 0.15) is 25.0 Å². The second-order valence-corrected chi connectivity index (χ2v) is 4.59.